The summed E-state index contributed by atoms with van der Waals surface area (Å²) in [5.74, 6) is 0.468. The van der Waals surface area contributed by atoms with E-state index in [4.69, 9.17) is 10.5 Å². The van der Waals surface area contributed by atoms with Crippen LogP contribution in [0.4, 0.5) is 10.5 Å². The van der Waals surface area contributed by atoms with Gasteiger partial charge >= 0.3 is 6.03 Å². The van der Waals surface area contributed by atoms with E-state index in [-0.39, 0.29) is 17.6 Å². The number of nitriles is 1. The van der Waals surface area contributed by atoms with Crippen LogP contribution in [0.3, 0.4) is 0 Å². The summed E-state index contributed by atoms with van der Waals surface area (Å²) < 4.78 is 5.78. The zero-order valence-corrected chi connectivity index (χ0v) is 13.9. The van der Waals surface area contributed by atoms with E-state index in [9.17, 15) is 10.1 Å². The Morgan fingerprint density at radius 1 is 1.52 bits per heavy atom. The van der Waals surface area contributed by atoms with Gasteiger partial charge in [0.2, 0.25) is 0 Å². The maximum Gasteiger partial charge on any atom is 0.318 e. The summed E-state index contributed by atoms with van der Waals surface area (Å²) in [6.45, 7) is 6.95. The molecule has 0 aromatic heterocycles. The van der Waals surface area contributed by atoms with Crippen molar-refractivity contribution in [3.05, 3.63) is 23.8 Å². The summed E-state index contributed by atoms with van der Waals surface area (Å²) >= 11 is 0. The second-order valence-corrected chi connectivity index (χ2v) is 6.81. The molecule has 2 amide bonds. The van der Waals surface area contributed by atoms with Gasteiger partial charge in [0.25, 0.3) is 0 Å². The lowest BCUT2D eigenvalue weighted by molar-refractivity contribution is 0.159. The monoisotopic (exact) mass is 316 g/mol. The third kappa shape index (κ3) is 4.28. The Morgan fingerprint density at radius 2 is 2.26 bits per heavy atom. The van der Waals surface area contributed by atoms with Crippen LogP contribution < -0.4 is 15.8 Å². The van der Waals surface area contributed by atoms with E-state index in [1.165, 1.54) is 0 Å². The Balaban J connectivity index is 2.02. The van der Waals surface area contributed by atoms with E-state index in [0.29, 0.717) is 23.6 Å². The van der Waals surface area contributed by atoms with Crippen molar-refractivity contribution in [3.8, 4) is 11.8 Å². The minimum Gasteiger partial charge on any atom is -0.490 e. The first kappa shape index (κ1) is 16.9. The predicted octanol–water partition coefficient (Wildman–Crippen LogP) is 2.49. The zero-order valence-electron chi connectivity index (χ0n) is 13.9. The molecule has 6 heteroatoms. The van der Waals surface area contributed by atoms with Crippen LogP contribution in [0, 0.1) is 11.3 Å². The first-order valence-corrected chi connectivity index (χ1v) is 7.82. The number of amides is 2. The van der Waals surface area contributed by atoms with Crippen molar-refractivity contribution >= 4 is 11.7 Å². The molecule has 1 aromatic carbocycles. The highest BCUT2D eigenvalue weighted by atomic mass is 16.5. The number of nitrogens with zero attached hydrogens (tertiary/aromatic N) is 2. The number of carbonyl (C=O) groups excluding carboxylic acids is 1. The lowest BCUT2D eigenvalue weighted by Crippen LogP contribution is -2.51. The van der Waals surface area contributed by atoms with Crippen molar-refractivity contribution in [2.45, 2.75) is 45.2 Å². The van der Waals surface area contributed by atoms with Gasteiger partial charge in [-0.2, -0.15) is 5.26 Å². The van der Waals surface area contributed by atoms with Crippen LogP contribution in [0.2, 0.25) is 0 Å². The molecule has 3 N–H and O–H groups in total. The molecule has 1 atom stereocenters. The van der Waals surface area contributed by atoms with Gasteiger partial charge in [0.1, 0.15) is 24.0 Å². The van der Waals surface area contributed by atoms with Gasteiger partial charge in [0, 0.05) is 12.1 Å². The highest BCUT2D eigenvalue weighted by molar-refractivity contribution is 5.75. The average molecular weight is 316 g/mol. The number of nitrogen functional groups attached to an aromatic ring is 1. The first-order chi connectivity index (χ1) is 10.8. The molecule has 0 spiro atoms. The summed E-state index contributed by atoms with van der Waals surface area (Å²) in [6.07, 6.45) is 1.84. The standard InChI is InChI=1S/C17H24N4O2/c1-17(2,3)20-16(22)21-9-5-6-12(21)11-23-15-8-4-7-14(19)13(15)10-18/h4,7-8,12H,5-6,9,11,19H2,1-3H3,(H,20,22). The van der Waals surface area contributed by atoms with Gasteiger partial charge in [0.15, 0.2) is 0 Å². The van der Waals surface area contributed by atoms with Crippen LogP contribution in [-0.2, 0) is 0 Å². The summed E-state index contributed by atoms with van der Waals surface area (Å²) in [6, 6.07) is 7.14. The van der Waals surface area contributed by atoms with Crippen molar-refractivity contribution in [2.24, 2.45) is 0 Å². The molecule has 1 aliphatic heterocycles. The fraction of sp³-hybridized carbons (Fsp3) is 0.529. The van der Waals surface area contributed by atoms with Crippen molar-refractivity contribution in [2.75, 3.05) is 18.9 Å². The van der Waals surface area contributed by atoms with Crippen molar-refractivity contribution < 1.29 is 9.53 Å². The molecule has 1 heterocycles. The molecule has 1 saturated heterocycles. The van der Waals surface area contributed by atoms with Crippen LogP contribution in [0.15, 0.2) is 18.2 Å². The first-order valence-electron chi connectivity index (χ1n) is 7.82. The molecule has 2 rings (SSSR count). The molecular formula is C17H24N4O2. The molecule has 1 fully saturated rings. The van der Waals surface area contributed by atoms with Gasteiger partial charge in [-0.25, -0.2) is 4.79 Å². The fourth-order valence-electron chi connectivity index (χ4n) is 2.64. The highest BCUT2D eigenvalue weighted by Crippen LogP contribution is 2.25. The summed E-state index contributed by atoms with van der Waals surface area (Å²) in [5.41, 5.74) is 6.26. The van der Waals surface area contributed by atoms with Gasteiger partial charge < -0.3 is 20.7 Å². The number of carbonyl (C=O) groups is 1. The molecule has 0 radical (unpaired) electrons. The number of ether oxygens (including phenoxy) is 1. The second kappa shape index (κ2) is 6.78. The number of nitrogens with one attached hydrogen (secondary N) is 1. The highest BCUT2D eigenvalue weighted by Gasteiger charge is 2.31. The molecule has 1 aromatic rings. The lowest BCUT2D eigenvalue weighted by atomic mass is 10.1. The summed E-state index contributed by atoms with van der Waals surface area (Å²) in [7, 11) is 0. The van der Waals surface area contributed by atoms with Gasteiger partial charge in [-0.05, 0) is 45.7 Å². The molecule has 23 heavy (non-hydrogen) atoms. The van der Waals surface area contributed by atoms with Crippen LogP contribution in [0.5, 0.6) is 5.75 Å². The largest absolute Gasteiger partial charge is 0.490 e. The summed E-state index contributed by atoms with van der Waals surface area (Å²) in [4.78, 5) is 14.2. The predicted molar refractivity (Wildman–Crippen MR) is 89.1 cm³/mol. The van der Waals surface area contributed by atoms with E-state index in [1.54, 1.807) is 18.2 Å². The van der Waals surface area contributed by atoms with Crippen molar-refractivity contribution in [3.63, 3.8) is 0 Å². The Morgan fingerprint density at radius 3 is 2.91 bits per heavy atom. The molecule has 0 bridgehead atoms. The SMILES string of the molecule is CC(C)(C)NC(=O)N1CCCC1COc1cccc(N)c1C#N. The smallest absolute Gasteiger partial charge is 0.318 e. The van der Waals surface area contributed by atoms with Crippen LogP contribution in [0.1, 0.15) is 39.2 Å². The van der Waals surface area contributed by atoms with Crippen molar-refractivity contribution in [1.82, 2.24) is 10.2 Å². The molecule has 124 valence electrons. The summed E-state index contributed by atoms with van der Waals surface area (Å²) in [5, 5.41) is 12.2. The number of hydrogen-bond acceptors (Lipinski definition) is 4. The Bertz CT molecular complexity index is 616. The minimum absolute atomic E-state index is 0.00493. The van der Waals surface area contributed by atoms with Crippen LogP contribution in [-0.4, -0.2) is 35.7 Å². The van der Waals surface area contributed by atoms with Gasteiger partial charge in [-0.3, -0.25) is 0 Å². The van der Waals surface area contributed by atoms with Crippen LogP contribution in [0.25, 0.3) is 0 Å². The Labute approximate surface area is 137 Å². The van der Waals surface area contributed by atoms with E-state index in [1.807, 2.05) is 25.7 Å². The number of nitrogens with two attached hydrogens (primary N) is 1. The van der Waals surface area contributed by atoms with Crippen LogP contribution >= 0.6 is 0 Å². The van der Waals surface area contributed by atoms with E-state index >= 15 is 0 Å². The second-order valence-electron chi connectivity index (χ2n) is 6.81. The molecule has 6 nitrogen and oxygen atoms in total. The maximum absolute atomic E-state index is 12.3. The van der Waals surface area contributed by atoms with Gasteiger partial charge in [-0.15, -0.1) is 0 Å². The fourth-order valence-corrected chi connectivity index (χ4v) is 2.64. The maximum atomic E-state index is 12.3. The number of likely N-dealkylation sites (tertiary alicyclic amines) is 1. The normalized spacial score (nSPS) is 17.7. The third-order valence-corrected chi connectivity index (χ3v) is 3.72. The zero-order chi connectivity index (χ0) is 17.0. The van der Waals surface area contributed by atoms with Crippen molar-refractivity contribution in [1.29, 1.82) is 5.26 Å². The molecule has 0 saturated carbocycles. The number of benzene rings is 1. The third-order valence-electron chi connectivity index (χ3n) is 3.72. The van der Waals surface area contributed by atoms with E-state index in [0.717, 1.165) is 19.4 Å². The van der Waals surface area contributed by atoms with Gasteiger partial charge in [-0.1, -0.05) is 6.07 Å². The number of anilines is 1. The number of rotatable bonds is 3. The Kier molecular flexibility index (Phi) is 4.99. The van der Waals surface area contributed by atoms with Gasteiger partial charge in [0.05, 0.1) is 11.7 Å². The molecule has 1 unspecified atom stereocenters. The molecule has 0 aliphatic carbocycles. The Hall–Kier alpha value is -2.42. The van der Waals surface area contributed by atoms with E-state index in [2.05, 4.69) is 11.4 Å². The minimum atomic E-state index is -0.271. The lowest BCUT2D eigenvalue weighted by Gasteiger charge is -2.29. The quantitative estimate of drug-likeness (QED) is 0.838. The molecule has 1 aliphatic rings. The molecular weight excluding hydrogens is 292 g/mol. The van der Waals surface area contributed by atoms with E-state index < -0.39 is 0 Å². The average Bonchev–Trinajstić information content (AvgIpc) is 2.92. The number of hydrogen-bond donors (Lipinski definition) is 2. The topological polar surface area (TPSA) is 91.4 Å². The number of urea groups is 1.